The van der Waals surface area contributed by atoms with Gasteiger partial charge in [0.2, 0.25) is 0 Å². The summed E-state index contributed by atoms with van der Waals surface area (Å²) in [6.45, 7) is 1.75. The molecule has 1 heterocycles. The van der Waals surface area contributed by atoms with Gasteiger partial charge in [0.25, 0.3) is 0 Å². The standard InChI is InChI=1S/C11H19N5O3/c17-10(18)4-1-2-5-12-11(19)13-6-3-8-16-9-7-14-15-16/h7,9H,1-6,8H2,(H,17,18)(H2,12,13,19). The highest BCUT2D eigenvalue weighted by Gasteiger charge is 2.00. The molecule has 19 heavy (non-hydrogen) atoms. The number of unbranched alkanes of at least 4 members (excludes halogenated alkanes) is 1. The Labute approximate surface area is 111 Å². The lowest BCUT2D eigenvalue weighted by atomic mass is 10.2. The third kappa shape index (κ3) is 7.74. The molecule has 0 aliphatic heterocycles. The van der Waals surface area contributed by atoms with Gasteiger partial charge in [0.05, 0.1) is 6.20 Å². The summed E-state index contributed by atoms with van der Waals surface area (Å²) in [5.41, 5.74) is 0. The average Bonchev–Trinajstić information content (AvgIpc) is 2.87. The van der Waals surface area contributed by atoms with Crippen LogP contribution in [0, 0.1) is 0 Å². The molecule has 0 aliphatic carbocycles. The second-order valence-electron chi connectivity index (χ2n) is 4.05. The van der Waals surface area contributed by atoms with Gasteiger partial charge >= 0.3 is 12.0 Å². The van der Waals surface area contributed by atoms with Gasteiger partial charge in [-0.05, 0) is 19.3 Å². The number of nitrogens with zero attached hydrogens (tertiary/aromatic N) is 3. The Morgan fingerprint density at radius 2 is 1.89 bits per heavy atom. The zero-order valence-corrected chi connectivity index (χ0v) is 10.7. The number of hydrogen-bond donors (Lipinski definition) is 3. The van der Waals surface area contributed by atoms with Gasteiger partial charge in [0.1, 0.15) is 0 Å². The van der Waals surface area contributed by atoms with Gasteiger partial charge in [0, 0.05) is 32.3 Å². The van der Waals surface area contributed by atoms with Crippen LogP contribution < -0.4 is 10.6 Å². The summed E-state index contributed by atoms with van der Waals surface area (Å²) < 4.78 is 1.70. The van der Waals surface area contributed by atoms with E-state index in [0.717, 1.165) is 6.42 Å². The van der Waals surface area contributed by atoms with Crippen molar-refractivity contribution in [1.82, 2.24) is 25.6 Å². The first kappa shape index (κ1) is 14.9. The van der Waals surface area contributed by atoms with Crippen LogP contribution in [0.15, 0.2) is 12.4 Å². The minimum absolute atomic E-state index is 0.140. The van der Waals surface area contributed by atoms with Gasteiger partial charge in [-0.3, -0.25) is 9.48 Å². The molecule has 0 atom stereocenters. The highest BCUT2D eigenvalue weighted by molar-refractivity contribution is 5.73. The van der Waals surface area contributed by atoms with Crippen LogP contribution in [0.2, 0.25) is 0 Å². The molecular weight excluding hydrogens is 250 g/mol. The molecule has 0 aliphatic rings. The summed E-state index contributed by atoms with van der Waals surface area (Å²) >= 11 is 0. The zero-order chi connectivity index (χ0) is 13.9. The summed E-state index contributed by atoms with van der Waals surface area (Å²) in [7, 11) is 0. The second kappa shape index (κ2) is 8.90. The number of aromatic nitrogens is 3. The van der Waals surface area contributed by atoms with Crippen molar-refractivity contribution >= 4 is 12.0 Å². The molecular formula is C11H19N5O3. The fourth-order valence-electron chi connectivity index (χ4n) is 1.46. The van der Waals surface area contributed by atoms with Crippen molar-refractivity contribution in [3.63, 3.8) is 0 Å². The number of urea groups is 1. The molecule has 3 N–H and O–H groups in total. The SMILES string of the molecule is O=C(O)CCCCNC(=O)NCCCn1ccnn1. The Morgan fingerprint density at radius 1 is 1.16 bits per heavy atom. The molecule has 1 aromatic rings. The highest BCUT2D eigenvalue weighted by Crippen LogP contribution is 1.93. The van der Waals surface area contributed by atoms with Crippen LogP contribution in [0.4, 0.5) is 4.79 Å². The van der Waals surface area contributed by atoms with Gasteiger partial charge in [-0.15, -0.1) is 5.10 Å². The molecule has 0 bridgehead atoms. The van der Waals surface area contributed by atoms with Crippen molar-refractivity contribution in [3.8, 4) is 0 Å². The number of hydrogen-bond acceptors (Lipinski definition) is 4. The lowest BCUT2D eigenvalue weighted by Gasteiger charge is -2.07. The van der Waals surface area contributed by atoms with Gasteiger partial charge in [-0.1, -0.05) is 5.21 Å². The van der Waals surface area contributed by atoms with E-state index in [-0.39, 0.29) is 12.5 Å². The van der Waals surface area contributed by atoms with Crippen molar-refractivity contribution in [2.45, 2.75) is 32.2 Å². The number of amides is 2. The smallest absolute Gasteiger partial charge is 0.314 e. The van der Waals surface area contributed by atoms with Crippen LogP contribution in [0.5, 0.6) is 0 Å². The van der Waals surface area contributed by atoms with E-state index in [1.165, 1.54) is 0 Å². The lowest BCUT2D eigenvalue weighted by Crippen LogP contribution is -2.36. The molecule has 0 fully saturated rings. The monoisotopic (exact) mass is 269 g/mol. The van der Waals surface area contributed by atoms with Crippen LogP contribution in [-0.4, -0.2) is 45.2 Å². The Morgan fingerprint density at radius 3 is 2.53 bits per heavy atom. The molecule has 0 spiro atoms. The lowest BCUT2D eigenvalue weighted by molar-refractivity contribution is -0.137. The number of nitrogens with one attached hydrogen (secondary N) is 2. The predicted molar refractivity (Wildman–Crippen MR) is 67.5 cm³/mol. The van der Waals surface area contributed by atoms with Gasteiger partial charge in [-0.25, -0.2) is 4.79 Å². The van der Waals surface area contributed by atoms with E-state index in [1.54, 1.807) is 17.1 Å². The molecule has 8 nitrogen and oxygen atoms in total. The third-order valence-corrected chi connectivity index (χ3v) is 2.42. The summed E-state index contributed by atoms with van der Waals surface area (Å²) in [6.07, 6.45) is 5.53. The fraction of sp³-hybridized carbons (Fsp3) is 0.636. The number of aryl methyl sites for hydroxylation is 1. The minimum atomic E-state index is -0.808. The molecule has 1 aromatic heterocycles. The molecule has 2 amide bonds. The Kier molecular flexibility index (Phi) is 7.00. The van der Waals surface area contributed by atoms with Crippen LogP contribution in [0.25, 0.3) is 0 Å². The second-order valence-corrected chi connectivity index (χ2v) is 4.05. The summed E-state index contributed by atoms with van der Waals surface area (Å²) in [5.74, 6) is -0.808. The van der Waals surface area contributed by atoms with Crippen molar-refractivity contribution in [3.05, 3.63) is 12.4 Å². The third-order valence-electron chi connectivity index (χ3n) is 2.42. The van der Waals surface area contributed by atoms with Gasteiger partial charge in [0.15, 0.2) is 0 Å². The number of rotatable bonds is 9. The summed E-state index contributed by atoms with van der Waals surface area (Å²) in [5, 5.41) is 21.3. The predicted octanol–water partition coefficient (Wildman–Crippen LogP) is 0.222. The number of carbonyl (C=O) groups excluding carboxylic acids is 1. The molecule has 8 heteroatoms. The Balaban J connectivity index is 1.92. The molecule has 106 valence electrons. The van der Waals surface area contributed by atoms with E-state index in [9.17, 15) is 9.59 Å². The number of carboxylic acid groups (broad SMARTS) is 1. The minimum Gasteiger partial charge on any atom is -0.481 e. The van der Waals surface area contributed by atoms with Crippen LogP contribution >= 0.6 is 0 Å². The van der Waals surface area contributed by atoms with E-state index in [2.05, 4.69) is 20.9 Å². The molecule has 0 aromatic carbocycles. The topological polar surface area (TPSA) is 109 Å². The van der Waals surface area contributed by atoms with Crippen molar-refractivity contribution in [2.24, 2.45) is 0 Å². The Bertz CT molecular complexity index is 380. The van der Waals surface area contributed by atoms with E-state index in [0.29, 0.717) is 32.5 Å². The van der Waals surface area contributed by atoms with Crippen molar-refractivity contribution < 1.29 is 14.7 Å². The molecule has 0 saturated heterocycles. The van der Waals surface area contributed by atoms with Crippen LogP contribution in [0.1, 0.15) is 25.7 Å². The maximum atomic E-state index is 11.3. The number of carbonyl (C=O) groups is 2. The summed E-state index contributed by atoms with van der Waals surface area (Å²) in [6, 6.07) is -0.228. The van der Waals surface area contributed by atoms with Gasteiger partial charge in [-0.2, -0.15) is 0 Å². The average molecular weight is 269 g/mol. The van der Waals surface area contributed by atoms with Crippen molar-refractivity contribution in [1.29, 1.82) is 0 Å². The normalized spacial score (nSPS) is 10.1. The molecule has 0 unspecified atom stereocenters. The van der Waals surface area contributed by atoms with Crippen LogP contribution in [-0.2, 0) is 11.3 Å². The molecule has 0 saturated carbocycles. The maximum Gasteiger partial charge on any atom is 0.314 e. The van der Waals surface area contributed by atoms with Crippen LogP contribution in [0.3, 0.4) is 0 Å². The maximum absolute atomic E-state index is 11.3. The first-order valence-corrected chi connectivity index (χ1v) is 6.26. The molecule has 1 rings (SSSR count). The number of aliphatic carboxylic acids is 1. The van der Waals surface area contributed by atoms with E-state index in [4.69, 9.17) is 5.11 Å². The van der Waals surface area contributed by atoms with E-state index >= 15 is 0 Å². The number of carboxylic acids is 1. The first-order valence-electron chi connectivity index (χ1n) is 6.26. The van der Waals surface area contributed by atoms with Crippen molar-refractivity contribution in [2.75, 3.05) is 13.1 Å². The summed E-state index contributed by atoms with van der Waals surface area (Å²) in [4.78, 5) is 21.6. The quantitative estimate of drug-likeness (QED) is 0.556. The molecule has 0 radical (unpaired) electrons. The van der Waals surface area contributed by atoms with Gasteiger partial charge < -0.3 is 15.7 Å². The van der Waals surface area contributed by atoms with E-state index < -0.39 is 5.97 Å². The largest absolute Gasteiger partial charge is 0.481 e. The highest BCUT2D eigenvalue weighted by atomic mass is 16.4. The van der Waals surface area contributed by atoms with E-state index in [1.807, 2.05) is 0 Å². The Hall–Kier alpha value is -2.12. The first-order chi connectivity index (χ1) is 9.18. The zero-order valence-electron chi connectivity index (χ0n) is 10.7. The fourth-order valence-corrected chi connectivity index (χ4v) is 1.46.